The summed E-state index contributed by atoms with van der Waals surface area (Å²) in [6.45, 7) is 5.21. The van der Waals surface area contributed by atoms with Gasteiger partial charge in [-0.1, -0.05) is 0 Å². The molecular formula is C14H21FN2O3S. The molecule has 0 spiro atoms. The molecule has 3 N–H and O–H groups in total. The fraction of sp³-hybridized carbons (Fsp3) is 0.500. The Kier molecular flexibility index (Phi) is 5.47. The molecule has 0 aliphatic carbocycles. The zero-order valence-corrected chi connectivity index (χ0v) is 13.2. The lowest BCUT2D eigenvalue weighted by Crippen LogP contribution is -2.49. The van der Waals surface area contributed by atoms with Crippen LogP contribution in [0.25, 0.3) is 0 Å². The molecule has 1 atom stereocenters. The van der Waals surface area contributed by atoms with Gasteiger partial charge in [0.05, 0.1) is 10.1 Å². The molecule has 0 bridgehead atoms. The molecule has 1 aromatic carbocycles. The smallest absolute Gasteiger partial charge is 0.221 e. The molecule has 1 amide bonds. The Morgan fingerprint density at radius 2 is 1.86 bits per heavy atom. The maximum atomic E-state index is 12.8. The molecule has 7 heteroatoms. The van der Waals surface area contributed by atoms with Crippen LogP contribution in [0.3, 0.4) is 0 Å². The first kappa shape index (κ1) is 17.6. The summed E-state index contributed by atoms with van der Waals surface area (Å²) in [5.41, 5.74) is 4.92. The molecule has 1 rings (SSSR count). The lowest BCUT2D eigenvalue weighted by Gasteiger charge is -2.25. The number of nitrogens with two attached hydrogens (primary N) is 1. The highest BCUT2D eigenvalue weighted by atomic mass is 32.2. The van der Waals surface area contributed by atoms with Gasteiger partial charge in [0, 0.05) is 18.5 Å². The second-order valence-electron chi connectivity index (χ2n) is 5.65. The van der Waals surface area contributed by atoms with Crippen molar-refractivity contribution in [3.05, 3.63) is 30.1 Å². The molecule has 1 unspecified atom stereocenters. The first-order chi connectivity index (χ1) is 9.58. The van der Waals surface area contributed by atoms with Crippen molar-refractivity contribution in [1.29, 1.82) is 0 Å². The molecule has 0 aromatic heterocycles. The summed E-state index contributed by atoms with van der Waals surface area (Å²) >= 11 is 0. The van der Waals surface area contributed by atoms with E-state index in [2.05, 4.69) is 5.32 Å². The lowest BCUT2D eigenvalue weighted by atomic mass is 10.1. The van der Waals surface area contributed by atoms with Gasteiger partial charge in [-0.2, -0.15) is 0 Å². The highest BCUT2D eigenvalue weighted by Crippen LogP contribution is 2.18. The molecule has 0 aliphatic heterocycles. The minimum atomic E-state index is -3.67. The Morgan fingerprint density at radius 3 is 2.33 bits per heavy atom. The second-order valence-corrected chi connectivity index (χ2v) is 8.02. The number of hydrogen-bond acceptors (Lipinski definition) is 4. The van der Waals surface area contributed by atoms with Crippen molar-refractivity contribution in [3.63, 3.8) is 0 Å². The fourth-order valence-electron chi connectivity index (χ4n) is 1.71. The van der Waals surface area contributed by atoms with Crippen LogP contribution < -0.4 is 11.1 Å². The maximum Gasteiger partial charge on any atom is 0.221 e. The standard InChI is InChI=1S/C14H21FN2O3S/c1-10(8-13(18)17-14(2,3)9-16)21(19,20)12-6-4-11(15)5-7-12/h4-7,10H,8-9,16H2,1-3H3,(H,17,18). The molecule has 0 heterocycles. The van der Waals surface area contributed by atoms with E-state index in [0.29, 0.717) is 0 Å². The number of carbonyl (C=O) groups excluding carboxylic acids is 1. The molecule has 0 radical (unpaired) electrons. The van der Waals surface area contributed by atoms with Gasteiger partial charge in [0.25, 0.3) is 0 Å². The quantitative estimate of drug-likeness (QED) is 0.773. The van der Waals surface area contributed by atoms with Gasteiger partial charge in [0.15, 0.2) is 9.84 Å². The van der Waals surface area contributed by atoms with E-state index in [-0.39, 0.29) is 23.8 Å². The predicted molar refractivity (Wildman–Crippen MR) is 78.9 cm³/mol. The number of amides is 1. The summed E-state index contributed by atoms with van der Waals surface area (Å²) < 4.78 is 37.4. The molecule has 1 aromatic rings. The number of carbonyl (C=O) groups is 1. The van der Waals surface area contributed by atoms with Gasteiger partial charge in [-0.15, -0.1) is 0 Å². The average Bonchev–Trinajstić information content (AvgIpc) is 2.38. The van der Waals surface area contributed by atoms with Crippen LogP contribution in [0.2, 0.25) is 0 Å². The van der Waals surface area contributed by atoms with E-state index in [9.17, 15) is 17.6 Å². The van der Waals surface area contributed by atoms with Crippen molar-refractivity contribution < 1.29 is 17.6 Å². The number of hydrogen-bond donors (Lipinski definition) is 2. The Hall–Kier alpha value is -1.47. The molecule has 0 saturated carbocycles. The van der Waals surface area contributed by atoms with Crippen LogP contribution in [0, 0.1) is 5.82 Å². The normalized spacial score (nSPS) is 13.8. The monoisotopic (exact) mass is 316 g/mol. The molecule has 21 heavy (non-hydrogen) atoms. The first-order valence-electron chi connectivity index (χ1n) is 6.59. The largest absolute Gasteiger partial charge is 0.350 e. The molecule has 118 valence electrons. The van der Waals surface area contributed by atoms with E-state index < -0.39 is 26.4 Å². The number of nitrogens with one attached hydrogen (secondary N) is 1. The average molecular weight is 316 g/mol. The fourth-order valence-corrected chi connectivity index (χ4v) is 3.06. The summed E-state index contributed by atoms with van der Waals surface area (Å²) in [4.78, 5) is 11.9. The maximum absolute atomic E-state index is 12.8. The summed E-state index contributed by atoms with van der Waals surface area (Å²) in [7, 11) is -3.67. The lowest BCUT2D eigenvalue weighted by molar-refractivity contribution is -0.122. The molecule has 0 aliphatic rings. The third-order valence-corrected chi connectivity index (χ3v) is 5.29. The summed E-state index contributed by atoms with van der Waals surface area (Å²) in [5.74, 6) is -0.896. The number of halogens is 1. The van der Waals surface area contributed by atoms with E-state index in [4.69, 9.17) is 5.73 Å². The molecular weight excluding hydrogens is 295 g/mol. The Balaban J connectivity index is 2.81. The van der Waals surface area contributed by atoms with Crippen LogP contribution in [0.15, 0.2) is 29.2 Å². The Labute approximate surface area is 124 Å². The summed E-state index contributed by atoms with van der Waals surface area (Å²) in [5, 5.41) is 1.78. The molecule has 5 nitrogen and oxygen atoms in total. The van der Waals surface area contributed by atoms with Crippen molar-refractivity contribution in [2.24, 2.45) is 5.73 Å². The molecule has 0 saturated heterocycles. The van der Waals surface area contributed by atoms with Crippen LogP contribution in [0.4, 0.5) is 4.39 Å². The topological polar surface area (TPSA) is 89.3 Å². The van der Waals surface area contributed by atoms with Crippen molar-refractivity contribution >= 4 is 15.7 Å². The molecule has 0 fully saturated rings. The van der Waals surface area contributed by atoms with Crippen LogP contribution in [0.1, 0.15) is 27.2 Å². The minimum absolute atomic E-state index is 0.00212. The van der Waals surface area contributed by atoms with Gasteiger partial charge in [-0.25, -0.2) is 12.8 Å². The van der Waals surface area contributed by atoms with E-state index in [1.807, 2.05) is 0 Å². The van der Waals surface area contributed by atoms with Gasteiger partial charge in [0.1, 0.15) is 5.82 Å². The van der Waals surface area contributed by atoms with Crippen LogP contribution >= 0.6 is 0 Å². The van der Waals surface area contributed by atoms with Gasteiger partial charge >= 0.3 is 0 Å². The van der Waals surface area contributed by atoms with Crippen molar-refractivity contribution in [2.75, 3.05) is 6.54 Å². The highest BCUT2D eigenvalue weighted by Gasteiger charge is 2.27. The van der Waals surface area contributed by atoms with Crippen LogP contribution in [-0.4, -0.2) is 31.7 Å². The van der Waals surface area contributed by atoms with Crippen LogP contribution in [0.5, 0.6) is 0 Å². The van der Waals surface area contributed by atoms with Crippen LogP contribution in [-0.2, 0) is 14.6 Å². The first-order valence-corrected chi connectivity index (χ1v) is 8.13. The van der Waals surface area contributed by atoms with Crippen molar-refractivity contribution in [2.45, 2.75) is 42.9 Å². The van der Waals surface area contributed by atoms with Gasteiger partial charge in [0.2, 0.25) is 5.91 Å². The predicted octanol–water partition coefficient (Wildman–Crippen LogP) is 1.23. The van der Waals surface area contributed by atoms with Crippen molar-refractivity contribution in [3.8, 4) is 0 Å². The zero-order chi connectivity index (χ0) is 16.3. The Morgan fingerprint density at radius 1 is 1.33 bits per heavy atom. The third kappa shape index (κ3) is 4.78. The summed E-state index contributed by atoms with van der Waals surface area (Å²) in [6.07, 6.45) is -0.177. The van der Waals surface area contributed by atoms with Gasteiger partial charge < -0.3 is 11.1 Å². The van der Waals surface area contributed by atoms with Crippen molar-refractivity contribution in [1.82, 2.24) is 5.32 Å². The number of rotatable bonds is 6. The van der Waals surface area contributed by atoms with E-state index in [1.54, 1.807) is 13.8 Å². The SMILES string of the molecule is CC(CC(=O)NC(C)(C)CN)S(=O)(=O)c1ccc(F)cc1. The Bertz CT molecular complexity index is 597. The van der Waals surface area contributed by atoms with E-state index in [1.165, 1.54) is 19.1 Å². The van der Waals surface area contributed by atoms with Gasteiger partial charge in [-0.05, 0) is 45.0 Å². The highest BCUT2D eigenvalue weighted by molar-refractivity contribution is 7.92. The van der Waals surface area contributed by atoms with Gasteiger partial charge in [-0.3, -0.25) is 4.79 Å². The zero-order valence-electron chi connectivity index (χ0n) is 12.4. The second kappa shape index (κ2) is 6.53. The van der Waals surface area contributed by atoms with E-state index in [0.717, 1.165) is 12.1 Å². The number of benzene rings is 1. The minimum Gasteiger partial charge on any atom is -0.350 e. The summed E-state index contributed by atoms with van der Waals surface area (Å²) in [6, 6.07) is 4.56. The third-order valence-electron chi connectivity index (χ3n) is 3.13. The van der Waals surface area contributed by atoms with E-state index >= 15 is 0 Å². The number of sulfone groups is 1.